The quantitative estimate of drug-likeness (QED) is 0.157. The Morgan fingerprint density at radius 1 is 0.645 bits per heavy atom. The maximum absolute atomic E-state index is 6.29. The highest BCUT2D eigenvalue weighted by Gasteiger charge is 2.32. The van der Waals surface area contributed by atoms with Gasteiger partial charge in [-0.05, 0) is 81.8 Å². The zero-order valence-electron chi connectivity index (χ0n) is 17.6. The van der Waals surface area contributed by atoms with Crippen LogP contribution in [0.25, 0.3) is 0 Å². The Balaban J connectivity index is 2.51. The third-order valence-electron chi connectivity index (χ3n) is 4.91. The predicted octanol–water partition coefficient (Wildman–Crippen LogP) is 10.2. The van der Waals surface area contributed by atoms with Gasteiger partial charge in [-0.2, -0.15) is 0 Å². The lowest BCUT2D eigenvalue weighted by atomic mass is 9.77. The molecule has 0 aliphatic rings. The van der Waals surface area contributed by atoms with Crippen LogP contribution in [0.5, 0.6) is 11.5 Å². The van der Waals surface area contributed by atoms with Crippen LogP contribution in [0.1, 0.15) is 50.7 Å². The number of hydrogen-bond donors (Lipinski definition) is 0. The van der Waals surface area contributed by atoms with E-state index < -0.39 is 0 Å². The smallest absolute Gasteiger partial charge is 0.137 e. The number of unbranched alkanes of at least 4 members (excludes halogenated alkanes) is 2. The van der Waals surface area contributed by atoms with Crippen LogP contribution < -0.4 is 9.47 Å². The highest BCUT2D eigenvalue weighted by Crippen LogP contribution is 2.48. The van der Waals surface area contributed by atoms with Gasteiger partial charge < -0.3 is 9.47 Å². The average molecular weight is 814 g/mol. The van der Waals surface area contributed by atoms with Crippen molar-refractivity contribution in [3.05, 3.63) is 53.3 Å². The summed E-state index contributed by atoms with van der Waals surface area (Å²) in [6, 6.07) is 8.36. The largest absolute Gasteiger partial charge is 0.492 e. The summed E-state index contributed by atoms with van der Waals surface area (Å²) in [5, 5.41) is 1.97. The SMILES string of the molecule is CC(C)(c1cc(Br)cc(Br)c1OCCCCBr)c1cc(Br)cc(Br)c1OCCCCBr. The first-order valence-corrected chi connectivity index (χ1v) is 15.5. The van der Waals surface area contributed by atoms with Crippen LogP contribution in [-0.2, 0) is 5.41 Å². The second-order valence-corrected chi connectivity index (χ2v) is 12.8. The number of halogens is 6. The summed E-state index contributed by atoms with van der Waals surface area (Å²) < 4.78 is 16.5. The molecule has 2 aromatic carbocycles. The molecule has 172 valence electrons. The van der Waals surface area contributed by atoms with Gasteiger partial charge in [0.15, 0.2) is 0 Å². The summed E-state index contributed by atoms with van der Waals surface area (Å²) in [7, 11) is 0. The molecule has 2 rings (SSSR count). The van der Waals surface area contributed by atoms with E-state index in [1.165, 1.54) is 0 Å². The second kappa shape index (κ2) is 13.7. The molecule has 0 radical (unpaired) electrons. The molecule has 0 bridgehead atoms. The van der Waals surface area contributed by atoms with E-state index in [0.717, 1.165) is 76.9 Å². The van der Waals surface area contributed by atoms with Crippen molar-refractivity contribution < 1.29 is 9.47 Å². The van der Waals surface area contributed by atoms with Gasteiger partial charge in [-0.1, -0.05) is 77.6 Å². The zero-order chi connectivity index (χ0) is 23.0. The number of benzene rings is 2. The van der Waals surface area contributed by atoms with Gasteiger partial charge in [-0.3, -0.25) is 0 Å². The normalized spacial score (nSPS) is 11.6. The van der Waals surface area contributed by atoms with Crippen molar-refractivity contribution in [3.8, 4) is 11.5 Å². The van der Waals surface area contributed by atoms with Crippen molar-refractivity contribution in [2.45, 2.75) is 44.9 Å². The molecule has 2 aromatic rings. The molecule has 0 heterocycles. The lowest BCUT2D eigenvalue weighted by Gasteiger charge is -2.31. The average Bonchev–Trinajstić information content (AvgIpc) is 2.70. The summed E-state index contributed by atoms with van der Waals surface area (Å²) in [5.41, 5.74) is 1.83. The molecule has 0 saturated carbocycles. The Bertz CT molecular complexity index is 800. The van der Waals surface area contributed by atoms with E-state index in [1.54, 1.807) is 0 Å². The van der Waals surface area contributed by atoms with Gasteiger partial charge in [0, 0.05) is 36.1 Å². The van der Waals surface area contributed by atoms with Gasteiger partial charge in [0.25, 0.3) is 0 Å². The molecular formula is C23H26Br6O2. The van der Waals surface area contributed by atoms with Crippen molar-refractivity contribution in [2.24, 2.45) is 0 Å². The number of rotatable bonds is 12. The van der Waals surface area contributed by atoms with E-state index in [0.29, 0.717) is 13.2 Å². The van der Waals surface area contributed by atoms with E-state index >= 15 is 0 Å². The molecule has 0 atom stereocenters. The van der Waals surface area contributed by atoms with Crippen LogP contribution in [0, 0.1) is 0 Å². The van der Waals surface area contributed by atoms with E-state index in [-0.39, 0.29) is 5.41 Å². The fourth-order valence-electron chi connectivity index (χ4n) is 3.23. The minimum atomic E-state index is -0.367. The topological polar surface area (TPSA) is 18.5 Å². The standard InChI is InChI=1S/C23H26Br6O2/c1-23(2,17-11-15(26)13-19(28)21(17)30-9-5-3-7-24)18-12-16(27)14-20(29)22(18)31-10-6-4-8-25/h11-14H,3-10H2,1-2H3. The highest BCUT2D eigenvalue weighted by atomic mass is 79.9. The van der Waals surface area contributed by atoms with Crippen molar-refractivity contribution in [2.75, 3.05) is 23.9 Å². The third-order valence-corrected chi connectivity index (χ3v) is 8.13. The molecule has 0 aromatic heterocycles. The molecule has 0 fully saturated rings. The summed E-state index contributed by atoms with van der Waals surface area (Å²) in [6.45, 7) is 5.78. The van der Waals surface area contributed by atoms with Crippen LogP contribution in [0.15, 0.2) is 42.2 Å². The van der Waals surface area contributed by atoms with Gasteiger partial charge >= 0.3 is 0 Å². The fraction of sp³-hybridized carbons (Fsp3) is 0.478. The van der Waals surface area contributed by atoms with Crippen LogP contribution >= 0.6 is 95.6 Å². The highest BCUT2D eigenvalue weighted by molar-refractivity contribution is 9.11. The van der Waals surface area contributed by atoms with Crippen molar-refractivity contribution >= 4 is 95.6 Å². The number of alkyl halides is 2. The number of ether oxygens (including phenoxy) is 2. The van der Waals surface area contributed by atoms with Crippen LogP contribution in [0.4, 0.5) is 0 Å². The first-order valence-electron chi connectivity index (χ1n) is 10.1. The summed E-state index contributed by atoms with van der Waals surface area (Å²) in [5.74, 6) is 1.76. The molecule has 0 aliphatic heterocycles. The Kier molecular flexibility index (Phi) is 12.5. The maximum Gasteiger partial charge on any atom is 0.137 e. The van der Waals surface area contributed by atoms with Gasteiger partial charge in [0.05, 0.1) is 22.2 Å². The van der Waals surface area contributed by atoms with Crippen molar-refractivity contribution in [3.63, 3.8) is 0 Å². The molecule has 0 aliphatic carbocycles. The molecule has 0 amide bonds. The molecular weight excluding hydrogens is 788 g/mol. The van der Waals surface area contributed by atoms with Crippen LogP contribution in [0.2, 0.25) is 0 Å². The number of hydrogen-bond acceptors (Lipinski definition) is 2. The van der Waals surface area contributed by atoms with Gasteiger partial charge in [0.1, 0.15) is 11.5 Å². The minimum Gasteiger partial charge on any atom is -0.492 e. The Morgan fingerprint density at radius 2 is 1.03 bits per heavy atom. The second-order valence-electron chi connectivity index (χ2n) is 7.64. The summed E-state index contributed by atoms with van der Waals surface area (Å²) in [4.78, 5) is 0. The van der Waals surface area contributed by atoms with E-state index in [2.05, 4.69) is 122 Å². The molecule has 31 heavy (non-hydrogen) atoms. The molecule has 0 unspecified atom stereocenters. The van der Waals surface area contributed by atoms with Crippen LogP contribution in [0.3, 0.4) is 0 Å². The Labute approximate surface area is 236 Å². The molecule has 2 nitrogen and oxygen atoms in total. The van der Waals surface area contributed by atoms with E-state index in [4.69, 9.17) is 9.47 Å². The molecule has 0 spiro atoms. The Morgan fingerprint density at radius 3 is 1.39 bits per heavy atom. The fourth-order valence-corrected chi connectivity index (χ4v) is 6.70. The van der Waals surface area contributed by atoms with E-state index in [9.17, 15) is 0 Å². The third kappa shape index (κ3) is 7.98. The minimum absolute atomic E-state index is 0.367. The summed E-state index contributed by atoms with van der Waals surface area (Å²) >= 11 is 21.8. The molecule has 8 heteroatoms. The lowest BCUT2D eigenvalue weighted by Crippen LogP contribution is -2.22. The zero-order valence-corrected chi connectivity index (χ0v) is 27.1. The first-order chi connectivity index (χ1) is 14.7. The maximum atomic E-state index is 6.29. The predicted molar refractivity (Wildman–Crippen MR) is 153 cm³/mol. The first kappa shape index (κ1) is 28.2. The van der Waals surface area contributed by atoms with Gasteiger partial charge in [0.2, 0.25) is 0 Å². The van der Waals surface area contributed by atoms with Crippen molar-refractivity contribution in [1.29, 1.82) is 0 Å². The van der Waals surface area contributed by atoms with Gasteiger partial charge in [-0.25, -0.2) is 0 Å². The summed E-state index contributed by atoms with van der Waals surface area (Å²) in [6.07, 6.45) is 4.16. The Hall–Kier alpha value is 0.920. The van der Waals surface area contributed by atoms with E-state index in [1.807, 2.05) is 12.1 Å². The van der Waals surface area contributed by atoms with Crippen molar-refractivity contribution in [1.82, 2.24) is 0 Å². The lowest BCUT2D eigenvalue weighted by molar-refractivity contribution is 0.293. The van der Waals surface area contributed by atoms with Crippen LogP contribution in [-0.4, -0.2) is 23.9 Å². The monoisotopic (exact) mass is 808 g/mol. The molecule has 0 saturated heterocycles. The molecule has 0 N–H and O–H groups in total. The van der Waals surface area contributed by atoms with Gasteiger partial charge in [-0.15, -0.1) is 0 Å².